The van der Waals surface area contributed by atoms with Crippen LogP contribution in [0.3, 0.4) is 0 Å². The predicted octanol–water partition coefficient (Wildman–Crippen LogP) is 3.97. The van der Waals surface area contributed by atoms with Crippen LogP contribution in [0.4, 0.5) is 22.0 Å². The molecule has 1 aromatic heterocycles. The van der Waals surface area contributed by atoms with Crippen molar-refractivity contribution < 1.29 is 4.79 Å². The van der Waals surface area contributed by atoms with E-state index in [1.165, 1.54) is 5.56 Å². The topological polar surface area (TPSA) is 66.0 Å². The lowest BCUT2D eigenvalue weighted by molar-refractivity contribution is 0.250. The van der Waals surface area contributed by atoms with Gasteiger partial charge in [0.2, 0.25) is 0 Å². The highest BCUT2D eigenvalue weighted by molar-refractivity contribution is 5.89. The first-order chi connectivity index (χ1) is 10.4. The van der Waals surface area contributed by atoms with E-state index in [9.17, 15) is 4.79 Å². The Balaban J connectivity index is 2.03. The van der Waals surface area contributed by atoms with Crippen molar-refractivity contribution in [3.8, 4) is 0 Å². The molecule has 2 aromatic rings. The third-order valence-electron chi connectivity index (χ3n) is 3.10. The molecule has 0 aliphatic carbocycles. The summed E-state index contributed by atoms with van der Waals surface area (Å²) in [7, 11) is 0. The molecular formula is C17H22N4O. The number of anilines is 3. The Labute approximate surface area is 131 Å². The molecule has 0 spiro atoms. The van der Waals surface area contributed by atoms with Gasteiger partial charge in [0.25, 0.3) is 0 Å². The second-order valence-electron chi connectivity index (χ2n) is 5.63. The lowest BCUT2D eigenvalue weighted by atomic mass is 10.1. The van der Waals surface area contributed by atoms with Crippen LogP contribution in [0, 0.1) is 13.8 Å². The van der Waals surface area contributed by atoms with Gasteiger partial charge in [-0.1, -0.05) is 12.1 Å². The van der Waals surface area contributed by atoms with Crippen LogP contribution < -0.4 is 16.0 Å². The van der Waals surface area contributed by atoms with E-state index in [1.807, 2.05) is 32.9 Å². The molecule has 0 fully saturated rings. The SMILES string of the molecule is Cc1ccc(C)c(Nc2ccc(NC(=O)NC(C)C)cn2)c1. The van der Waals surface area contributed by atoms with Gasteiger partial charge in [-0.3, -0.25) is 0 Å². The maximum absolute atomic E-state index is 11.6. The molecule has 0 radical (unpaired) electrons. The Hall–Kier alpha value is -2.56. The van der Waals surface area contributed by atoms with Crippen LogP contribution >= 0.6 is 0 Å². The smallest absolute Gasteiger partial charge is 0.319 e. The number of aryl methyl sites for hydroxylation is 2. The van der Waals surface area contributed by atoms with E-state index in [-0.39, 0.29) is 12.1 Å². The first kappa shape index (κ1) is 15.8. The molecule has 0 saturated heterocycles. The standard InChI is InChI=1S/C17H22N4O/c1-11(2)19-17(22)20-14-7-8-16(18-10-14)21-15-9-12(3)5-6-13(15)4/h5-11H,1-4H3,(H,18,21)(H2,19,20,22). The van der Waals surface area contributed by atoms with Gasteiger partial charge < -0.3 is 16.0 Å². The minimum absolute atomic E-state index is 0.0956. The summed E-state index contributed by atoms with van der Waals surface area (Å²) in [6.07, 6.45) is 1.63. The molecule has 1 aromatic carbocycles. The molecule has 2 rings (SSSR count). The van der Waals surface area contributed by atoms with E-state index < -0.39 is 0 Å². The van der Waals surface area contributed by atoms with Gasteiger partial charge in [-0.2, -0.15) is 0 Å². The molecular weight excluding hydrogens is 276 g/mol. The number of pyridine rings is 1. The Bertz CT molecular complexity index is 650. The van der Waals surface area contributed by atoms with E-state index in [0.717, 1.165) is 17.1 Å². The zero-order valence-electron chi connectivity index (χ0n) is 13.4. The van der Waals surface area contributed by atoms with Crippen LogP contribution in [0.1, 0.15) is 25.0 Å². The maximum atomic E-state index is 11.6. The number of aromatic nitrogens is 1. The first-order valence-corrected chi connectivity index (χ1v) is 7.32. The van der Waals surface area contributed by atoms with E-state index in [2.05, 4.69) is 46.1 Å². The summed E-state index contributed by atoms with van der Waals surface area (Å²) in [5.41, 5.74) is 4.04. The highest BCUT2D eigenvalue weighted by Gasteiger charge is 2.04. The highest BCUT2D eigenvalue weighted by Crippen LogP contribution is 2.21. The lowest BCUT2D eigenvalue weighted by Crippen LogP contribution is -2.34. The maximum Gasteiger partial charge on any atom is 0.319 e. The highest BCUT2D eigenvalue weighted by atomic mass is 16.2. The number of carbonyl (C=O) groups excluding carboxylic acids is 1. The first-order valence-electron chi connectivity index (χ1n) is 7.32. The molecule has 0 aliphatic heterocycles. The zero-order chi connectivity index (χ0) is 16.1. The average Bonchev–Trinajstić information content (AvgIpc) is 2.44. The molecule has 22 heavy (non-hydrogen) atoms. The number of benzene rings is 1. The molecule has 5 heteroatoms. The largest absolute Gasteiger partial charge is 0.340 e. The fourth-order valence-corrected chi connectivity index (χ4v) is 1.98. The summed E-state index contributed by atoms with van der Waals surface area (Å²) in [5.74, 6) is 0.739. The van der Waals surface area contributed by atoms with E-state index in [4.69, 9.17) is 0 Å². The summed E-state index contributed by atoms with van der Waals surface area (Å²) in [4.78, 5) is 15.9. The van der Waals surface area contributed by atoms with Gasteiger partial charge in [-0.05, 0) is 57.0 Å². The minimum atomic E-state index is -0.230. The molecule has 5 nitrogen and oxygen atoms in total. The van der Waals surface area contributed by atoms with Crippen LogP contribution in [0.25, 0.3) is 0 Å². The number of hydrogen-bond acceptors (Lipinski definition) is 3. The minimum Gasteiger partial charge on any atom is -0.340 e. The molecule has 3 N–H and O–H groups in total. The van der Waals surface area contributed by atoms with Crippen LogP contribution in [0.15, 0.2) is 36.5 Å². The van der Waals surface area contributed by atoms with Crippen LogP contribution in [0.5, 0.6) is 0 Å². The van der Waals surface area contributed by atoms with Crippen molar-refractivity contribution in [3.05, 3.63) is 47.7 Å². The van der Waals surface area contributed by atoms with Crippen LogP contribution in [0.2, 0.25) is 0 Å². The van der Waals surface area contributed by atoms with Gasteiger partial charge in [-0.15, -0.1) is 0 Å². The number of urea groups is 1. The van der Waals surface area contributed by atoms with Crippen molar-refractivity contribution in [2.45, 2.75) is 33.7 Å². The number of nitrogens with zero attached hydrogens (tertiary/aromatic N) is 1. The lowest BCUT2D eigenvalue weighted by Gasteiger charge is -2.12. The second-order valence-corrected chi connectivity index (χ2v) is 5.63. The predicted molar refractivity (Wildman–Crippen MR) is 90.7 cm³/mol. The zero-order valence-corrected chi connectivity index (χ0v) is 13.4. The van der Waals surface area contributed by atoms with Gasteiger partial charge in [0, 0.05) is 11.7 Å². The molecule has 0 unspecified atom stereocenters. The van der Waals surface area contributed by atoms with Crippen molar-refractivity contribution >= 4 is 23.2 Å². The van der Waals surface area contributed by atoms with Crippen molar-refractivity contribution in [3.63, 3.8) is 0 Å². The van der Waals surface area contributed by atoms with Gasteiger partial charge in [-0.25, -0.2) is 9.78 Å². The number of rotatable bonds is 4. The monoisotopic (exact) mass is 298 g/mol. The summed E-state index contributed by atoms with van der Waals surface area (Å²) in [5, 5.41) is 8.80. The molecule has 116 valence electrons. The molecule has 0 aliphatic rings. The number of carbonyl (C=O) groups is 1. The quantitative estimate of drug-likeness (QED) is 0.800. The summed E-state index contributed by atoms with van der Waals surface area (Å²) in [6.45, 7) is 7.93. The van der Waals surface area contributed by atoms with Gasteiger partial charge in [0.05, 0.1) is 11.9 Å². The normalized spacial score (nSPS) is 10.4. The molecule has 0 bridgehead atoms. The molecule has 1 heterocycles. The molecule has 2 amide bonds. The van der Waals surface area contributed by atoms with E-state index in [1.54, 1.807) is 6.20 Å². The van der Waals surface area contributed by atoms with E-state index >= 15 is 0 Å². The van der Waals surface area contributed by atoms with Crippen molar-refractivity contribution in [1.29, 1.82) is 0 Å². The van der Waals surface area contributed by atoms with Crippen LogP contribution in [-0.4, -0.2) is 17.1 Å². The van der Waals surface area contributed by atoms with Gasteiger partial charge >= 0.3 is 6.03 Å². The van der Waals surface area contributed by atoms with Crippen molar-refractivity contribution in [2.75, 3.05) is 10.6 Å². The third-order valence-corrected chi connectivity index (χ3v) is 3.10. The van der Waals surface area contributed by atoms with Crippen molar-refractivity contribution in [1.82, 2.24) is 10.3 Å². The summed E-state index contributed by atoms with van der Waals surface area (Å²) in [6, 6.07) is 9.76. The number of hydrogen-bond donors (Lipinski definition) is 3. The summed E-state index contributed by atoms with van der Waals surface area (Å²) >= 11 is 0. The Morgan fingerprint density at radius 3 is 2.55 bits per heavy atom. The van der Waals surface area contributed by atoms with Crippen molar-refractivity contribution in [2.24, 2.45) is 0 Å². The van der Waals surface area contributed by atoms with Gasteiger partial charge in [0.1, 0.15) is 5.82 Å². The average molecular weight is 298 g/mol. The van der Waals surface area contributed by atoms with Gasteiger partial charge in [0.15, 0.2) is 0 Å². The van der Waals surface area contributed by atoms with Crippen LogP contribution in [-0.2, 0) is 0 Å². The number of amides is 2. The second kappa shape index (κ2) is 6.93. The third kappa shape index (κ3) is 4.48. The fourth-order valence-electron chi connectivity index (χ4n) is 1.98. The Morgan fingerprint density at radius 1 is 1.14 bits per heavy atom. The number of nitrogens with one attached hydrogen (secondary N) is 3. The Kier molecular flexibility index (Phi) is 4.99. The summed E-state index contributed by atoms with van der Waals surface area (Å²) < 4.78 is 0. The Morgan fingerprint density at radius 2 is 1.91 bits per heavy atom. The molecule has 0 atom stereocenters. The molecule has 0 saturated carbocycles. The van der Waals surface area contributed by atoms with E-state index in [0.29, 0.717) is 5.69 Å². The fraction of sp³-hybridized carbons (Fsp3) is 0.294.